The van der Waals surface area contributed by atoms with Crippen LogP contribution in [0.15, 0.2) is 89.8 Å². The molecule has 2 amide bonds. The fraction of sp³-hybridized carbons (Fsp3) is 0.375. The highest BCUT2D eigenvalue weighted by Gasteiger charge is 2.34. The summed E-state index contributed by atoms with van der Waals surface area (Å²) in [6.07, 6.45) is 6.11. The number of carbonyl (C=O) groups excluding carboxylic acids is 2. The number of anilines is 1. The summed E-state index contributed by atoms with van der Waals surface area (Å²) < 4.78 is 28.8. The third-order valence-electron chi connectivity index (χ3n) is 7.53. The van der Waals surface area contributed by atoms with Crippen LogP contribution in [-0.4, -0.2) is 50.3 Å². The number of nitrogens with zero attached hydrogens (tertiary/aromatic N) is 2. The van der Waals surface area contributed by atoms with Crippen LogP contribution < -0.4 is 9.62 Å². The van der Waals surface area contributed by atoms with Gasteiger partial charge < -0.3 is 10.2 Å². The van der Waals surface area contributed by atoms with E-state index in [-0.39, 0.29) is 29.1 Å². The zero-order valence-electron chi connectivity index (χ0n) is 23.4. The van der Waals surface area contributed by atoms with E-state index in [1.54, 1.807) is 41.3 Å². The molecular weight excluding hydrogens is 558 g/mol. The summed E-state index contributed by atoms with van der Waals surface area (Å²) in [5, 5.41) is 3.52. The molecule has 3 aromatic carbocycles. The van der Waals surface area contributed by atoms with Crippen molar-refractivity contribution < 1.29 is 18.0 Å². The average Bonchev–Trinajstić information content (AvgIpc) is 2.99. The van der Waals surface area contributed by atoms with Crippen LogP contribution in [0.2, 0.25) is 5.02 Å². The number of benzene rings is 3. The van der Waals surface area contributed by atoms with Crippen LogP contribution in [0.3, 0.4) is 0 Å². The zero-order chi connectivity index (χ0) is 29.2. The topological polar surface area (TPSA) is 86.8 Å². The van der Waals surface area contributed by atoms with Crippen molar-refractivity contribution in [2.75, 3.05) is 17.4 Å². The maximum absolute atomic E-state index is 14.1. The molecular formula is C32H38ClN3O4S. The first-order valence-corrected chi connectivity index (χ1v) is 16.1. The molecule has 1 atom stereocenters. The second-order valence-corrected chi connectivity index (χ2v) is 12.7. The minimum absolute atomic E-state index is 0.0608. The van der Waals surface area contributed by atoms with Gasteiger partial charge in [-0.2, -0.15) is 0 Å². The van der Waals surface area contributed by atoms with E-state index in [9.17, 15) is 18.0 Å². The molecule has 0 bridgehead atoms. The molecule has 0 heterocycles. The highest BCUT2D eigenvalue weighted by atomic mass is 35.5. The third kappa shape index (κ3) is 8.11. The Morgan fingerprint density at radius 2 is 1.59 bits per heavy atom. The number of hydrogen-bond donors (Lipinski definition) is 1. The van der Waals surface area contributed by atoms with E-state index in [1.165, 1.54) is 24.6 Å². The van der Waals surface area contributed by atoms with Gasteiger partial charge in [-0.15, -0.1) is 0 Å². The predicted octanol–water partition coefficient (Wildman–Crippen LogP) is 5.83. The maximum atomic E-state index is 14.1. The largest absolute Gasteiger partial charge is 0.352 e. The van der Waals surface area contributed by atoms with E-state index in [0.717, 1.165) is 35.6 Å². The van der Waals surface area contributed by atoms with Crippen molar-refractivity contribution in [3.05, 3.63) is 95.5 Å². The number of carbonyl (C=O) groups is 2. The first-order valence-electron chi connectivity index (χ1n) is 14.3. The SMILES string of the molecule is CCC(C(=O)NC1CCCCC1)N(CCc1ccccc1)C(=O)CN(c1cccc(Cl)c1)S(=O)(=O)c1ccccc1. The first kappa shape index (κ1) is 30.6. The predicted molar refractivity (Wildman–Crippen MR) is 163 cm³/mol. The highest BCUT2D eigenvalue weighted by molar-refractivity contribution is 7.92. The molecule has 218 valence electrons. The highest BCUT2D eigenvalue weighted by Crippen LogP contribution is 2.27. The van der Waals surface area contributed by atoms with Crippen molar-refractivity contribution in [1.29, 1.82) is 0 Å². The second kappa shape index (κ2) is 14.5. The van der Waals surface area contributed by atoms with Gasteiger partial charge in [0.05, 0.1) is 10.6 Å². The van der Waals surface area contributed by atoms with Gasteiger partial charge in [-0.05, 0) is 61.6 Å². The van der Waals surface area contributed by atoms with Crippen molar-refractivity contribution >= 4 is 39.1 Å². The standard InChI is InChI=1S/C32H38ClN3O4S/c1-2-30(32(38)34-27-16-8-4-9-17-27)35(22-21-25-13-6-3-7-14-25)31(37)24-36(28-18-12-15-26(33)23-28)41(39,40)29-19-10-5-11-20-29/h3,5-7,10-15,18-20,23,27,30H,2,4,8-9,16-17,21-22,24H2,1H3,(H,34,38). The summed E-state index contributed by atoms with van der Waals surface area (Å²) in [7, 11) is -4.12. The van der Waals surface area contributed by atoms with E-state index in [0.29, 0.717) is 17.9 Å². The van der Waals surface area contributed by atoms with Gasteiger partial charge in [0, 0.05) is 17.6 Å². The average molecular weight is 596 g/mol. The number of rotatable bonds is 12. The Morgan fingerprint density at radius 3 is 2.22 bits per heavy atom. The molecule has 0 saturated heterocycles. The monoisotopic (exact) mass is 595 g/mol. The summed E-state index contributed by atoms with van der Waals surface area (Å²) in [6, 6.07) is 23.5. The lowest BCUT2D eigenvalue weighted by Crippen LogP contribution is -2.54. The smallest absolute Gasteiger partial charge is 0.264 e. The number of halogens is 1. The fourth-order valence-electron chi connectivity index (χ4n) is 5.32. The van der Waals surface area contributed by atoms with E-state index in [2.05, 4.69) is 5.32 Å². The molecule has 4 rings (SSSR count). The molecule has 9 heteroatoms. The van der Waals surface area contributed by atoms with Crippen molar-refractivity contribution in [1.82, 2.24) is 10.2 Å². The molecule has 1 saturated carbocycles. The normalized spacial score (nSPS) is 14.7. The number of sulfonamides is 1. The summed E-state index contributed by atoms with van der Waals surface area (Å²) in [4.78, 5) is 29.3. The van der Waals surface area contributed by atoms with Gasteiger partial charge in [-0.3, -0.25) is 13.9 Å². The first-order chi connectivity index (χ1) is 19.8. The second-order valence-electron chi connectivity index (χ2n) is 10.4. The lowest BCUT2D eigenvalue weighted by Gasteiger charge is -2.34. The van der Waals surface area contributed by atoms with Crippen LogP contribution in [0.4, 0.5) is 5.69 Å². The van der Waals surface area contributed by atoms with Gasteiger partial charge >= 0.3 is 0 Å². The summed E-state index contributed by atoms with van der Waals surface area (Å²) in [6.45, 7) is 1.68. The van der Waals surface area contributed by atoms with Gasteiger partial charge in [0.25, 0.3) is 10.0 Å². The minimum atomic E-state index is -4.12. The molecule has 7 nitrogen and oxygen atoms in total. The molecule has 0 radical (unpaired) electrons. The van der Waals surface area contributed by atoms with Gasteiger partial charge in [0.1, 0.15) is 12.6 Å². The zero-order valence-corrected chi connectivity index (χ0v) is 25.0. The van der Waals surface area contributed by atoms with Crippen LogP contribution in [-0.2, 0) is 26.0 Å². The van der Waals surface area contributed by atoms with Crippen LogP contribution in [0, 0.1) is 0 Å². The summed E-state index contributed by atoms with van der Waals surface area (Å²) in [5.74, 6) is -0.646. The van der Waals surface area contributed by atoms with Gasteiger partial charge in [0.2, 0.25) is 11.8 Å². The van der Waals surface area contributed by atoms with Crippen molar-refractivity contribution in [3.8, 4) is 0 Å². The van der Waals surface area contributed by atoms with Gasteiger partial charge in [0.15, 0.2) is 0 Å². The van der Waals surface area contributed by atoms with Crippen molar-refractivity contribution in [2.45, 2.75) is 68.8 Å². The Hall–Kier alpha value is -3.36. The van der Waals surface area contributed by atoms with Crippen LogP contribution in [0.5, 0.6) is 0 Å². The van der Waals surface area contributed by atoms with Crippen molar-refractivity contribution in [2.24, 2.45) is 0 Å². The quantitative estimate of drug-likeness (QED) is 0.285. The van der Waals surface area contributed by atoms with E-state index in [4.69, 9.17) is 11.6 Å². The Morgan fingerprint density at radius 1 is 0.927 bits per heavy atom. The molecule has 0 aliphatic heterocycles. The van der Waals surface area contributed by atoms with Crippen LogP contribution >= 0.6 is 11.6 Å². The Labute approximate surface area is 248 Å². The van der Waals surface area contributed by atoms with E-state index in [1.807, 2.05) is 37.3 Å². The summed E-state index contributed by atoms with van der Waals surface area (Å²) >= 11 is 6.24. The molecule has 1 aliphatic carbocycles. The van der Waals surface area contributed by atoms with Crippen LogP contribution in [0.25, 0.3) is 0 Å². The van der Waals surface area contributed by atoms with Crippen molar-refractivity contribution in [3.63, 3.8) is 0 Å². The molecule has 1 N–H and O–H groups in total. The molecule has 41 heavy (non-hydrogen) atoms. The lowest BCUT2D eigenvalue weighted by molar-refractivity contribution is -0.140. The van der Waals surface area contributed by atoms with Gasteiger partial charge in [-0.25, -0.2) is 8.42 Å². The molecule has 0 aromatic heterocycles. The molecule has 1 unspecified atom stereocenters. The Bertz CT molecular complexity index is 1400. The number of amides is 2. The van der Waals surface area contributed by atoms with E-state index >= 15 is 0 Å². The fourth-order valence-corrected chi connectivity index (χ4v) is 6.93. The van der Waals surface area contributed by atoms with E-state index < -0.39 is 28.5 Å². The third-order valence-corrected chi connectivity index (χ3v) is 9.55. The Kier molecular flexibility index (Phi) is 10.8. The molecule has 1 aliphatic rings. The maximum Gasteiger partial charge on any atom is 0.264 e. The Balaban J connectivity index is 1.65. The minimum Gasteiger partial charge on any atom is -0.352 e. The lowest BCUT2D eigenvalue weighted by atomic mass is 9.95. The molecule has 1 fully saturated rings. The van der Waals surface area contributed by atoms with Crippen LogP contribution in [0.1, 0.15) is 51.0 Å². The molecule has 3 aromatic rings. The molecule has 0 spiro atoms. The van der Waals surface area contributed by atoms with Gasteiger partial charge in [-0.1, -0.05) is 92.4 Å². The number of nitrogens with one attached hydrogen (secondary N) is 1. The summed E-state index contributed by atoms with van der Waals surface area (Å²) in [5.41, 5.74) is 1.30. The number of hydrogen-bond acceptors (Lipinski definition) is 4.